The van der Waals surface area contributed by atoms with Crippen LogP contribution in [0, 0.1) is 5.41 Å². The normalized spacial score (nSPS) is 24.2. The van der Waals surface area contributed by atoms with Gasteiger partial charge in [-0.05, 0) is 18.5 Å². The molecular formula is C15H19FN2O2. The van der Waals surface area contributed by atoms with Gasteiger partial charge < -0.3 is 15.0 Å². The molecule has 0 bridgehead atoms. The summed E-state index contributed by atoms with van der Waals surface area (Å²) >= 11 is 0. The highest BCUT2D eigenvalue weighted by Gasteiger charge is 2.52. The second kappa shape index (κ2) is 5.40. The third-order valence-corrected chi connectivity index (χ3v) is 4.26. The topological polar surface area (TPSA) is 41.6 Å². The van der Waals surface area contributed by atoms with Crippen molar-refractivity contribution in [2.45, 2.75) is 19.2 Å². The number of rotatable bonds is 2. The van der Waals surface area contributed by atoms with E-state index >= 15 is 0 Å². The van der Waals surface area contributed by atoms with E-state index < -0.39 is 6.17 Å². The molecule has 1 spiro atoms. The first-order valence-electron chi connectivity index (χ1n) is 7.00. The average Bonchev–Trinajstić information content (AvgIpc) is 2.44. The minimum Gasteiger partial charge on any atom is -0.445 e. The van der Waals surface area contributed by atoms with Crippen LogP contribution in [0.5, 0.6) is 0 Å². The highest BCUT2D eigenvalue weighted by atomic mass is 19.1. The number of nitrogens with one attached hydrogen (secondary N) is 1. The van der Waals surface area contributed by atoms with E-state index in [4.69, 9.17) is 4.74 Å². The number of carbonyl (C=O) groups is 1. The lowest BCUT2D eigenvalue weighted by atomic mass is 9.71. The number of ether oxygens (including phenoxy) is 1. The molecule has 0 aromatic heterocycles. The molecule has 20 heavy (non-hydrogen) atoms. The Bertz CT molecular complexity index is 474. The van der Waals surface area contributed by atoms with Crippen molar-refractivity contribution in [2.75, 3.05) is 26.2 Å². The van der Waals surface area contributed by atoms with E-state index in [-0.39, 0.29) is 18.1 Å². The Balaban J connectivity index is 1.48. The fourth-order valence-corrected chi connectivity index (χ4v) is 2.95. The lowest BCUT2D eigenvalue weighted by Gasteiger charge is -2.53. The van der Waals surface area contributed by atoms with E-state index in [1.807, 2.05) is 30.3 Å². The average molecular weight is 278 g/mol. The summed E-state index contributed by atoms with van der Waals surface area (Å²) in [6, 6.07) is 9.56. The first-order valence-corrected chi connectivity index (χ1v) is 7.00. The molecule has 108 valence electrons. The van der Waals surface area contributed by atoms with Crippen molar-refractivity contribution < 1.29 is 13.9 Å². The van der Waals surface area contributed by atoms with E-state index in [1.54, 1.807) is 4.90 Å². The molecule has 1 aromatic carbocycles. The third-order valence-electron chi connectivity index (χ3n) is 4.26. The number of amides is 1. The fourth-order valence-electron chi connectivity index (χ4n) is 2.95. The number of nitrogens with zero attached hydrogens (tertiary/aromatic N) is 1. The number of hydrogen-bond acceptors (Lipinski definition) is 3. The number of likely N-dealkylation sites (tertiary alicyclic amines) is 1. The van der Waals surface area contributed by atoms with E-state index in [2.05, 4.69) is 5.32 Å². The molecule has 3 rings (SSSR count). The van der Waals surface area contributed by atoms with Crippen LogP contribution in [-0.4, -0.2) is 43.3 Å². The molecular weight excluding hydrogens is 259 g/mol. The minimum atomic E-state index is -0.866. The Morgan fingerprint density at radius 1 is 1.40 bits per heavy atom. The highest BCUT2D eigenvalue weighted by molar-refractivity contribution is 5.69. The number of hydrogen-bond donors (Lipinski definition) is 1. The molecule has 1 atom stereocenters. The monoisotopic (exact) mass is 278 g/mol. The van der Waals surface area contributed by atoms with Crippen LogP contribution in [0.2, 0.25) is 0 Å². The van der Waals surface area contributed by atoms with Crippen molar-refractivity contribution >= 4 is 6.09 Å². The summed E-state index contributed by atoms with van der Waals surface area (Å²) in [5.74, 6) is 0. The molecule has 2 saturated heterocycles. The van der Waals surface area contributed by atoms with Gasteiger partial charge in [-0.15, -0.1) is 0 Å². The van der Waals surface area contributed by atoms with Crippen molar-refractivity contribution in [3.05, 3.63) is 35.9 Å². The molecule has 2 aliphatic rings. The maximum atomic E-state index is 13.9. The van der Waals surface area contributed by atoms with Crippen molar-refractivity contribution in [3.63, 3.8) is 0 Å². The molecule has 1 N–H and O–H groups in total. The first kappa shape index (κ1) is 13.4. The summed E-state index contributed by atoms with van der Waals surface area (Å²) < 4.78 is 19.2. The second-order valence-corrected chi connectivity index (χ2v) is 5.68. The van der Waals surface area contributed by atoms with Gasteiger partial charge in [0.15, 0.2) is 0 Å². The van der Waals surface area contributed by atoms with Gasteiger partial charge >= 0.3 is 6.09 Å². The molecule has 4 nitrogen and oxygen atoms in total. The van der Waals surface area contributed by atoms with Crippen LogP contribution in [0.25, 0.3) is 0 Å². The van der Waals surface area contributed by atoms with E-state index in [1.165, 1.54) is 0 Å². The van der Waals surface area contributed by atoms with Gasteiger partial charge in [-0.3, -0.25) is 0 Å². The summed E-state index contributed by atoms with van der Waals surface area (Å²) in [7, 11) is 0. The predicted octanol–water partition coefficient (Wildman–Crippen LogP) is 1.96. The summed E-state index contributed by atoms with van der Waals surface area (Å²) in [6.07, 6.45) is -0.420. The Labute approximate surface area is 117 Å². The number of piperidine rings is 1. The Hall–Kier alpha value is -1.62. The van der Waals surface area contributed by atoms with Gasteiger partial charge in [-0.1, -0.05) is 30.3 Å². The van der Waals surface area contributed by atoms with E-state index in [0.717, 1.165) is 18.5 Å². The largest absolute Gasteiger partial charge is 0.445 e. The van der Waals surface area contributed by atoms with Crippen molar-refractivity contribution in [3.8, 4) is 0 Å². The smallest absolute Gasteiger partial charge is 0.410 e. The number of alkyl halides is 1. The lowest BCUT2D eigenvalue weighted by Crippen LogP contribution is -2.66. The highest BCUT2D eigenvalue weighted by Crippen LogP contribution is 2.40. The third kappa shape index (κ3) is 2.50. The van der Waals surface area contributed by atoms with Gasteiger partial charge in [0.2, 0.25) is 0 Å². The Morgan fingerprint density at radius 3 is 2.85 bits per heavy atom. The van der Waals surface area contributed by atoms with Crippen LogP contribution in [0.3, 0.4) is 0 Å². The van der Waals surface area contributed by atoms with Crippen LogP contribution in [0.1, 0.15) is 12.0 Å². The summed E-state index contributed by atoms with van der Waals surface area (Å²) in [4.78, 5) is 13.5. The molecule has 2 aliphatic heterocycles. The molecule has 2 fully saturated rings. The number of benzene rings is 1. The zero-order valence-corrected chi connectivity index (χ0v) is 11.3. The predicted molar refractivity (Wildman–Crippen MR) is 73.0 cm³/mol. The maximum absolute atomic E-state index is 13.9. The van der Waals surface area contributed by atoms with Crippen LogP contribution < -0.4 is 5.32 Å². The lowest BCUT2D eigenvalue weighted by molar-refractivity contribution is -0.0694. The molecule has 1 amide bonds. The molecule has 1 aromatic rings. The zero-order valence-electron chi connectivity index (χ0n) is 11.3. The van der Waals surface area contributed by atoms with E-state index in [0.29, 0.717) is 19.6 Å². The van der Waals surface area contributed by atoms with E-state index in [9.17, 15) is 9.18 Å². The van der Waals surface area contributed by atoms with Crippen LogP contribution >= 0.6 is 0 Å². The molecule has 0 saturated carbocycles. The molecule has 0 aliphatic carbocycles. The van der Waals surface area contributed by atoms with Gasteiger partial charge in [0.25, 0.3) is 0 Å². The molecule has 5 heteroatoms. The van der Waals surface area contributed by atoms with Gasteiger partial charge in [0, 0.05) is 25.0 Å². The van der Waals surface area contributed by atoms with Gasteiger partial charge in [0.1, 0.15) is 12.8 Å². The molecule has 0 radical (unpaired) electrons. The minimum absolute atomic E-state index is 0.268. The van der Waals surface area contributed by atoms with Crippen LogP contribution in [-0.2, 0) is 11.3 Å². The number of carbonyl (C=O) groups excluding carboxylic acids is 1. The SMILES string of the molecule is O=C(OCc1ccccc1)N1CC2(CCNCC2F)C1. The standard InChI is InChI=1S/C15H19FN2O2/c16-13-8-17-7-6-15(13)10-18(11-15)14(19)20-9-12-4-2-1-3-5-12/h1-5,13,17H,6-11H2. The van der Waals surface area contributed by atoms with Crippen molar-refractivity contribution in [1.29, 1.82) is 0 Å². The van der Waals surface area contributed by atoms with Crippen LogP contribution in [0.15, 0.2) is 30.3 Å². The van der Waals surface area contributed by atoms with Gasteiger partial charge in [-0.2, -0.15) is 0 Å². The molecule has 2 heterocycles. The first-order chi connectivity index (χ1) is 9.70. The maximum Gasteiger partial charge on any atom is 0.410 e. The second-order valence-electron chi connectivity index (χ2n) is 5.68. The molecule has 1 unspecified atom stereocenters. The van der Waals surface area contributed by atoms with Crippen molar-refractivity contribution in [1.82, 2.24) is 10.2 Å². The van der Waals surface area contributed by atoms with Crippen molar-refractivity contribution in [2.24, 2.45) is 5.41 Å². The zero-order chi connectivity index (χ0) is 14.0. The Kier molecular flexibility index (Phi) is 3.61. The fraction of sp³-hybridized carbons (Fsp3) is 0.533. The van der Waals surface area contributed by atoms with Gasteiger partial charge in [-0.25, -0.2) is 9.18 Å². The number of halogens is 1. The van der Waals surface area contributed by atoms with Gasteiger partial charge in [0.05, 0.1) is 0 Å². The summed E-state index contributed by atoms with van der Waals surface area (Å²) in [5, 5.41) is 3.04. The summed E-state index contributed by atoms with van der Waals surface area (Å²) in [5.41, 5.74) is 0.623. The Morgan fingerprint density at radius 2 is 2.15 bits per heavy atom. The van der Waals surface area contributed by atoms with Crippen LogP contribution in [0.4, 0.5) is 9.18 Å². The quantitative estimate of drug-likeness (QED) is 0.899. The summed E-state index contributed by atoms with van der Waals surface area (Å²) in [6.45, 7) is 2.44.